The summed E-state index contributed by atoms with van der Waals surface area (Å²) in [4.78, 5) is 2.24. The fraction of sp³-hybridized carbons (Fsp3) is 0.167. The van der Waals surface area contributed by atoms with Gasteiger partial charge in [0.05, 0.1) is 0 Å². The van der Waals surface area contributed by atoms with E-state index in [4.69, 9.17) is 0 Å². The molecule has 0 N–H and O–H groups in total. The highest BCUT2D eigenvalue weighted by Crippen LogP contribution is 2.31. The zero-order valence-electron chi connectivity index (χ0n) is 5.79. The van der Waals surface area contributed by atoms with Gasteiger partial charge in [-0.2, -0.15) is 26.9 Å². The van der Waals surface area contributed by atoms with Gasteiger partial charge in [0.1, 0.15) is 5.56 Å². The van der Waals surface area contributed by atoms with E-state index in [1.54, 1.807) is 0 Å². The first-order valence-electron chi connectivity index (χ1n) is 2.91. The maximum atomic E-state index is 12.4. The van der Waals surface area contributed by atoms with Crippen LogP contribution in [0.5, 0.6) is 0 Å². The summed E-state index contributed by atoms with van der Waals surface area (Å²) in [7, 11) is 0. The molecule has 0 saturated carbocycles. The predicted molar refractivity (Wildman–Crippen MR) is 29.1 cm³/mol. The van der Waals surface area contributed by atoms with E-state index in [0.717, 1.165) is 0 Å². The molecule has 1 nitrogen and oxygen atoms in total. The van der Waals surface area contributed by atoms with E-state index < -0.39 is 29.5 Å². The summed E-state index contributed by atoms with van der Waals surface area (Å²) in [5.41, 5.74) is -2.00. The minimum absolute atomic E-state index is 0.210. The van der Waals surface area contributed by atoms with Gasteiger partial charge in [-0.25, -0.2) is 4.39 Å². The Hall–Kier alpha value is -1.27. The molecule has 0 aliphatic carbocycles. The molecule has 0 fully saturated rings. The van der Waals surface area contributed by atoms with Gasteiger partial charge in [0, 0.05) is 6.07 Å². The molecule has 1 aromatic heterocycles. The van der Waals surface area contributed by atoms with Crippen molar-refractivity contribution in [2.75, 3.05) is 0 Å². The highest BCUT2D eigenvalue weighted by atomic mass is 19.4. The Labute approximate surface area is 68.0 Å². The van der Waals surface area contributed by atoms with Crippen LogP contribution in [0.2, 0.25) is 0 Å². The molecular weight excluding hydrogens is 200 g/mol. The number of alkyl halides is 3. The molecule has 1 heterocycles. The largest absolute Gasteiger partial charge is 0.419 e. The predicted octanol–water partition coefficient (Wildman–Crippen LogP) is 2.52. The second-order valence-electron chi connectivity index (χ2n) is 2.10. The van der Waals surface area contributed by atoms with Crippen molar-refractivity contribution in [3.63, 3.8) is 0 Å². The Morgan fingerprint density at radius 2 is 1.62 bits per heavy atom. The molecule has 0 aromatic carbocycles. The maximum absolute atomic E-state index is 12.4. The third-order valence-electron chi connectivity index (χ3n) is 1.19. The summed E-state index contributed by atoms with van der Waals surface area (Å²) in [6.45, 7) is 0. The molecule has 0 saturated heterocycles. The number of pyridine rings is 1. The molecule has 13 heavy (non-hydrogen) atoms. The molecule has 1 aromatic rings. The van der Waals surface area contributed by atoms with Gasteiger partial charge in [0.25, 0.3) is 5.95 Å². The van der Waals surface area contributed by atoms with Crippen LogP contribution in [0.3, 0.4) is 0 Å². The van der Waals surface area contributed by atoms with Crippen LogP contribution in [0.1, 0.15) is 5.56 Å². The van der Waals surface area contributed by atoms with Gasteiger partial charge in [-0.15, -0.1) is 0 Å². The van der Waals surface area contributed by atoms with Gasteiger partial charge in [0.2, 0.25) is 5.95 Å². The topological polar surface area (TPSA) is 12.9 Å². The first-order chi connectivity index (χ1) is 5.82. The summed E-state index contributed by atoms with van der Waals surface area (Å²) >= 11 is 0. The molecule has 0 radical (unpaired) electrons. The second kappa shape index (κ2) is 2.90. The van der Waals surface area contributed by atoms with E-state index in [9.17, 15) is 26.3 Å². The van der Waals surface area contributed by atoms with Gasteiger partial charge in [0.15, 0.2) is 5.82 Å². The van der Waals surface area contributed by atoms with Gasteiger partial charge in [-0.3, -0.25) is 0 Å². The van der Waals surface area contributed by atoms with Crippen molar-refractivity contribution in [3.05, 3.63) is 29.3 Å². The van der Waals surface area contributed by atoms with Crippen molar-refractivity contribution in [3.8, 4) is 0 Å². The molecule has 72 valence electrons. The minimum Gasteiger partial charge on any atom is -0.201 e. The quantitative estimate of drug-likeness (QED) is 0.464. The summed E-state index contributed by atoms with van der Waals surface area (Å²) in [5.74, 6) is -6.02. The van der Waals surface area contributed by atoms with Crippen LogP contribution in [0.15, 0.2) is 6.07 Å². The highest BCUT2D eigenvalue weighted by molar-refractivity contribution is 5.17. The lowest BCUT2D eigenvalue weighted by molar-refractivity contribution is -0.140. The Bertz CT molecular complexity index is 331. The summed E-state index contributed by atoms with van der Waals surface area (Å²) < 4.78 is 72.0. The van der Waals surface area contributed by atoms with E-state index in [1.165, 1.54) is 0 Å². The van der Waals surface area contributed by atoms with Crippen LogP contribution in [0, 0.1) is 17.7 Å². The average molecular weight is 201 g/mol. The molecule has 1 rings (SSSR count). The maximum Gasteiger partial charge on any atom is 0.419 e. The van der Waals surface area contributed by atoms with Gasteiger partial charge in [-0.05, 0) is 0 Å². The van der Waals surface area contributed by atoms with Crippen molar-refractivity contribution in [2.24, 2.45) is 0 Å². The van der Waals surface area contributed by atoms with Crippen LogP contribution in [0.25, 0.3) is 0 Å². The van der Waals surface area contributed by atoms with Crippen LogP contribution in [-0.2, 0) is 6.18 Å². The Morgan fingerprint density at radius 3 is 2.08 bits per heavy atom. The van der Waals surface area contributed by atoms with Crippen LogP contribution < -0.4 is 0 Å². The Kier molecular flexibility index (Phi) is 2.19. The molecule has 0 aliphatic rings. The van der Waals surface area contributed by atoms with E-state index in [1.807, 2.05) is 0 Å². The lowest BCUT2D eigenvalue weighted by Gasteiger charge is -2.07. The summed E-state index contributed by atoms with van der Waals surface area (Å²) in [6.07, 6.45) is -5.13. The summed E-state index contributed by atoms with van der Waals surface area (Å²) in [5, 5.41) is 0. The van der Waals surface area contributed by atoms with Crippen LogP contribution >= 0.6 is 0 Å². The van der Waals surface area contributed by atoms with Gasteiger partial charge in [-0.1, -0.05) is 0 Å². The zero-order chi connectivity index (χ0) is 10.2. The van der Waals surface area contributed by atoms with E-state index >= 15 is 0 Å². The van der Waals surface area contributed by atoms with E-state index in [2.05, 4.69) is 4.98 Å². The molecular formula is C6HF6N. The van der Waals surface area contributed by atoms with Crippen molar-refractivity contribution >= 4 is 0 Å². The Morgan fingerprint density at radius 1 is 1.08 bits per heavy atom. The van der Waals surface area contributed by atoms with Gasteiger partial charge < -0.3 is 0 Å². The molecule has 0 bridgehead atoms. The third-order valence-corrected chi connectivity index (χ3v) is 1.19. The lowest BCUT2D eigenvalue weighted by atomic mass is 10.2. The van der Waals surface area contributed by atoms with Crippen molar-refractivity contribution < 1.29 is 26.3 Å². The SMILES string of the molecule is Fc1cc(C(F)(F)F)c(F)c(F)n1. The van der Waals surface area contributed by atoms with Crippen molar-refractivity contribution in [1.82, 2.24) is 4.98 Å². The third kappa shape index (κ3) is 1.90. The normalized spacial score (nSPS) is 11.8. The molecule has 0 spiro atoms. The van der Waals surface area contributed by atoms with Crippen LogP contribution in [0.4, 0.5) is 26.3 Å². The number of rotatable bonds is 0. The highest BCUT2D eigenvalue weighted by Gasteiger charge is 2.36. The fourth-order valence-corrected chi connectivity index (χ4v) is 0.675. The molecule has 0 aliphatic heterocycles. The van der Waals surface area contributed by atoms with E-state index in [0.29, 0.717) is 0 Å². The summed E-state index contributed by atoms with van der Waals surface area (Å²) in [6, 6.07) is -0.210. The lowest BCUT2D eigenvalue weighted by Crippen LogP contribution is -2.11. The monoisotopic (exact) mass is 201 g/mol. The number of aromatic nitrogens is 1. The van der Waals surface area contributed by atoms with Crippen LogP contribution in [-0.4, -0.2) is 4.98 Å². The first kappa shape index (κ1) is 9.82. The Balaban J connectivity index is 3.37. The average Bonchev–Trinajstić information content (AvgIpc) is 1.94. The second-order valence-corrected chi connectivity index (χ2v) is 2.10. The molecule has 0 unspecified atom stereocenters. The van der Waals surface area contributed by atoms with Crippen molar-refractivity contribution in [1.29, 1.82) is 0 Å². The standard InChI is InChI=1S/C6HF6N/c7-3-1-2(6(10,11)12)4(8)5(9)13-3/h1H. The fourth-order valence-electron chi connectivity index (χ4n) is 0.675. The molecule has 0 atom stereocenters. The first-order valence-corrected chi connectivity index (χ1v) is 2.91. The number of hydrogen-bond donors (Lipinski definition) is 0. The van der Waals surface area contributed by atoms with E-state index in [-0.39, 0.29) is 6.07 Å². The number of nitrogens with zero attached hydrogens (tertiary/aromatic N) is 1. The molecule has 0 amide bonds. The number of halogens is 6. The molecule has 7 heteroatoms. The van der Waals surface area contributed by atoms with Crippen molar-refractivity contribution in [2.45, 2.75) is 6.18 Å². The number of hydrogen-bond acceptors (Lipinski definition) is 1. The minimum atomic E-state index is -5.13. The smallest absolute Gasteiger partial charge is 0.201 e. The van der Waals surface area contributed by atoms with Gasteiger partial charge >= 0.3 is 6.18 Å². The zero-order valence-corrected chi connectivity index (χ0v) is 5.79.